The van der Waals surface area contributed by atoms with Gasteiger partial charge in [0.1, 0.15) is 0 Å². The summed E-state index contributed by atoms with van der Waals surface area (Å²) in [6.07, 6.45) is 6.52. The van der Waals surface area contributed by atoms with Crippen LogP contribution in [0.15, 0.2) is 11.6 Å². The fourth-order valence-electron chi connectivity index (χ4n) is 2.17. The standard InChI is InChI=1S/C9H15N/c1-2-8-6-9-4-3-5-10(9)7-8/h2,9H,3-7H2,1H3/b8-2-. The topological polar surface area (TPSA) is 3.24 Å². The Morgan fingerprint density at radius 3 is 3.20 bits per heavy atom. The molecule has 0 saturated carbocycles. The highest BCUT2D eigenvalue weighted by molar-refractivity contribution is 5.13. The number of hydrogen-bond donors (Lipinski definition) is 0. The van der Waals surface area contributed by atoms with E-state index in [1.54, 1.807) is 5.57 Å². The van der Waals surface area contributed by atoms with Gasteiger partial charge in [0.25, 0.3) is 0 Å². The van der Waals surface area contributed by atoms with Gasteiger partial charge < -0.3 is 0 Å². The van der Waals surface area contributed by atoms with Crippen molar-refractivity contribution >= 4 is 0 Å². The summed E-state index contributed by atoms with van der Waals surface area (Å²) < 4.78 is 0. The van der Waals surface area contributed by atoms with Crippen LogP contribution in [0, 0.1) is 0 Å². The van der Waals surface area contributed by atoms with E-state index >= 15 is 0 Å². The second kappa shape index (κ2) is 2.39. The molecule has 2 aliphatic rings. The third kappa shape index (κ3) is 0.891. The van der Waals surface area contributed by atoms with E-state index in [0.717, 1.165) is 6.04 Å². The molecule has 2 aliphatic heterocycles. The highest BCUT2D eigenvalue weighted by atomic mass is 15.2. The number of hydrogen-bond acceptors (Lipinski definition) is 1. The Bertz CT molecular complexity index is 146. The van der Waals surface area contributed by atoms with Crippen LogP contribution >= 0.6 is 0 Å². The minimum Gasteiger partial charge on any atom is -0.296 e. The molecule has 2 heterocycles. The second-order valence-electron chi connectivity index (χ2n) is 3.42. The zero-order chi connectivity index (χ0) is 6.97. The van der Waals surface area contributed by atoms with Crippen molar-refractivity contribution in [3.63, 3.8) is 0 Å². The van der Waals surface area contributed by atoms with E-state index in [1.165, 1.54) is 32.4 Å². The first-order valence-corrected chi connectivity index (χ1v) is 4.28. The summed E-state index contributed by atoms with van der Waals surface area (Å²) in [6.45, 7) is 4.78. The lowest BCUT2D eigenvalue weighted by molar-refractivity contribution is 0.327. The van der Waals surface area contributed by atoms with E-state index in [4.69, 9.17) is 0 Å². The summed E-state index contributed by atoms with van der Waals surface area (Å²) in [5.74, 6) is 0. The second-order valence-corrected chi connectivity index (χ2v) is 3.42. The van der Waals surface area contributed by atoms with E-state index in [1.807, 2.05) is 0 Å². The molecule has 2 saturated heterocycles. The van der Waals surface area contributed by atoms with Gasteiger partial charge in [0.2, 0.25) is 0 Å². The lowest BCUT2D eigenvalue weighted by Crippen LogP contribution is -2.21. The van der Waals surface area contributed by atoms with Gasteiger partial charge in [0.15, 0.2) is 0 Å². The Balaban J connectivity index is 2.07. The molecule has 1 unspecified atom stereocenters. The van der Waals surface area contributed by atoms with Crippen LogP contribution in [-0.2, 0) is 0 Å². The fourth-order valence-corrected chi connectivity index (χ4v) is 2.17. The van der Waals surface area contributed by atoms with E-state index in [0.29, 0.717) is 0 Å². The van der Waals surface area contributed by atoms with Crippen LogP contribution in [0.3, 0.4) is 0 Å². The maximum Gasteiger partial charge on any atom is 0.0196 e. The molecular formula is C9H15N. The minimum atomic E-state index is 0.922. The summed E-state index contributed by atoms with van der Waals surface area (Å²) in [5, 5.41) is 0. The van der Waals surface area contributed by atoms with Gasteiger partial charge >= 0.3 is 0 Å². The van der Waals surface area contributed by atoms with Gasteiger partial charge in [-0.25, -0.2) is 0 Å². The van der Waals surface area contributed by atoms with Crippen LogP contribution in [0.5, 0.6) is 0 Å². The number of rotatable bonds is 0. The molecule has 0 amide bonds. The van der Waals surface area contributed by atoms with Crippen LogP contribution in [0.1, 0.15) is 26.2 Å². The summed E-state index contributed by atoms with van der Waals surface area (Å²) in [6, 6.07) is 0.922. The number of allylic oxidation sites excluding steroid dienone is 1. The summed E-state index contributed by atoms with van der Waals surface area (Å²) in [7, 11) is 0. The zero-order valence-corrected chi connectivity index (χ0v) is 6.64. The van der Waals surface area contributed by atoms with E-state index in [9.17, 15) is 0 Å². The highest BCUT2D eigenvalue weighted by Crippen LogP contribution is 2.30. The molecule has 56 valence electrons. The van der Waals surface area contributed by atoms with Gasteiger partial charge in [0.05, 0.1) is 0 Å². The Morgan fingerprint density at radius 1 is 1.60 bits per heavy atom. The normalized spacial score (nSPS) is 37.3. The molecular weight excluding hydrogens is 122 g/mol. The molecule has 0 aromatic heterocycles. The monoisotopic (exact) mass is 137 g/mol. The predicted octanol–water partition coefficient (Wildman–Crippen LogP) is 1.80. The largest absolute Gasteiger partial charge is 0.296 e. The van der Waals surface area contributed by atoms with Crippen molar-refractivity contribution in [3.05, 3.63) is 11.6 Å². The Kier molecular flexibility index (Phi) is 1.53. The third-order valence-corrected chi connectivity index (χ3v) is 2.81. The van der Waals surface area contributed by atoms with Crippen molar-refractivity contribution in [1.29, 1.82) is 0 Å². The smallest absolute Gasteiger partial charge is 0.0196 e. The Morgan fingerprint density at radius 2 is 2.50 bits per heavy atom. The SMILES string of the molecule is C/C=C1/CC2CCCN2C1. The van der Waals surface area contributed by atoms with E-state index in [-0.39, 0.29) is 0 Å². The molecule has 0 aliphatic carbocycles. The molecule has 1 nitrogen and oxygen atoms in total. The molecule has 1 atom stereocenters. The van der Waals surface area contributed by atoms with Gasteiger partial charge in [-0.15, -0.1) is 0 Å². The van der Waals surface area contributed by atoms with Gasteiger partial charge in [-0.1, -0.05) is 11.6 Å². The van der Waals surface area contributed by atoms with Gasteiger partial charge in [0, 0.05) is 12.6 Å². The van der Waals surface area contributed by atoms with Crippen molar-refractivity contribution in [2.24, 2.45) is 0 Å². The fraction of sp³-hybridized carbons (Fsp3) is 0.778. The van der Waals surface area contributed by atoms with Gasteiger partial charge in [-0.3, -0.25) is 4.90 Å². The number of fused-ring (bicyclic) bond motifs is 1. The maximum atomic E-state index is 2.62. The first-order chi connectivity index (χ1) is 4.90. The molecule has 0 N–H and O–H groups in total. The molecule has 1 heteroatoms. The first-order valence-electron chi connectivity index (χ1n) is 4.28. The van der Waals surface area contributed by atoms with E-state index < -0.39 is 0 Å². The maximum absolute atomic E-state index is 2.62. The van der Waals surface area contributed by atoms with Crippen LogP contribution in [-0.4, -0.2) is 24.0 Å². The Labute approximate surface area is 62.7 Å². The van der Waals surface area contributed by atoms with Crippen molar-refractivity contribution < 1.29 is 0 Å². The lowest BCUT2D eigenvalue weighted by Gasteiger charge is -2.11. The van der Waals surface area contributed by atoms with Crippen LogP contribution in [0.4, 0.5) is 0 Å². The molecule has 10 heavy (non-hydrogen) atoms. The first kappa shape index (κ1) is 6.41. The van der Waals surface area contributed by atoms with Crippen LogP contribution in [0.25, 0.3) is 0 Å². The number of nitrogens with zero attached hydrogens (tertiary/aromatic N) is 1. The molecule has 0 bridgehead atoms. The van der Waals surface area contributed by atoms with Crippen LogP contribution < -0.4 is 0 Å². The third-order valence-electron chi connectivity index (χ3n) is 2.81. The van der Waals surface area contributed by atoms with Crippen molar-refractivity contribution in [1.82, 2.24) is 4.90 Å². The van der Waals surface area contributed by atoms with Crippen molar-refractivity contribution in [2.75, 3.05) is 13.1 Å². The molecule has 0 aromatic rings. The average Bonchev–Trinajstić information content (AvgIpc) is 2.42. The lowest BCUT2D eigenvalue weighted by atomic mass is 10.1. The molecule has 2 rings (SSSR count). The summed E-state index contributed by atoms with van der Waals surface area (Å²) in [4.78, 5) is 2.62. The zero-order valence-electron chi connectivity index (χ0n) is 6.64. The summed E-state index contributed by atoms with van der Waals surface area (Å²) >= 11 is 0. The minimum absolute atomic E-state index is 0.922. The molecule has 0 aromatic carbocycles. The quantitative estimate of drug-likeness (QED) is 0.460. The highest BCUT2D eigenvalue weighted by Gasteiger charge is 2.30. The van der Waals surface area contributed by atoms with Gasteiger partial charge in [-0.05, 0) is 32.7 Å². The summed E-state index contributed by atoms with van der Waals surface area (Å²) in [5.41, 5.74) is 1.66. The van der Waals surface area contributed by atoms with Crippen molar-refractivity contribution in [3.8, 4) is 0 Å². The molecule has 0 radical (unpaired) electrons. The average molecular weight is 137 g/mol. The Hall–Kier alpha value is -0.300. The molecule has 0 spiro atoms. The van der Waals surface area contributed by atoms with E-state index in [2.05, 4.69) is 17.9 Å². The molecule has 2 fully saturated rings. The predicted molar refractivity (Wildman–Crippen MR) is 43.0 cm³/mol. The van der Waals surface area contributed by atoms with Gasteiger partial charge in [-0.2, -0.15) is 0 Å². The van der Waals surface area contributed by atoms with Crippen molar-refractivity contribution in [2.45, 2.75) is 32.2 Å². The van der Waals surface area contributed by atoms with Crippen LogP contribution in [0.2, 0.25) is 0 Å².